The third-order valence-electron chi connectivity index (χ3n) is 2.97. The Morgan fingerprint density at radius 1 is 1.53 bits per heavy atom. The molecule has 0 aliphatic carbocycles. The molecule has 1 aromatic heterocycles. The summed E-state index contributed by atoms with van der Waals surface area (Å²) in [6.45, 7) is 1.85. The molecule has 0 fully saturated rings. The topological polar surface area (TPSA) is 67.2 Å². The standard InChI is InChI=1S/C13H14BrN3O2/c1-8-11(7-15-17(8)2)12(13(18)19)16-10-5-3-4-9(14)6-10/h3-7,12,16H,1-2H3,(H,18,19). The van der Waals surface area contributed by atoms with Crippen LogP contribution in [0.5, 0.6) is 0 Å². The van der Waals surface area contributed by atoms with Crippen LogP contribution in [0.2, 0.25) is 0 Å². The maximum atomic E-state index is 11.4. The summed E-state index contributed by atoms with van der Waals surface area (Å²) in [5.41, 5.74) is 2.23. The molecule has 19 heavy (non-hydrogen) atoms. The molecule has 0 saturated carbocycles. The first-order valence-electron chi connectivity index (χ1n) is 5.72. The summed E-state index contributed by atoms with van der Waals surface area (Å²) in [5, 5.41) is 16.5. The van der Waals surface area contributed by atoms with Gasteiger partial charge in [-0.3, -0.25) is 4.68 Å². The Hall–Kier alpha value is -1.82. The molecule has 5 nitrogen and oxygen atoms in total. The minimum atomic E-state index is -0.934. The number of carbonyl (C=O) groups is 1. The van der Waals surface area contributed by atoms with Gasteiger partial charge in [-0.15, -0.1) is 0 Å². The van der Waals surface area contributed by atoms with Crippen LogP contribution in [0.3, 0.4) is 0 Å². The van der Waals surface area contributed by atoms with Gasteiger partial charge in [-0.1, -0.05) is 22.0 Å². The van der Waals surface area contributed by atoms with Crippen LogP contribution in [0.25, 0.3) is 0 Å². The Balaban J connectivity index is 2.32. The number of anilines is 1. The SMILES string of the molecule is Cc1c(C(Nc2cccc(Br)c2)C(=O)O)cnn1C. The summed E-state index contributed by atoms with van der Waals surface area (Å²) in [6.07, 6.45) is 1.58. The second-order valence-corrected chi connectivity index (χ2v) is 5.15. The number of benzene rings is 1. The Kier molecular flexibility index (Phi) is 3.90. The molecule has 100 valence electrons. The van der Waals surface area contributed by atoms with E-state index in [9.17, 15) is 9.90 Å². The van der Waals surface area contributed by atoms with E-state index in [0.717, 1.165) is 15.9 Å². The number of hydrogen-bond donors (Lipinski definition) is 2. The summed E-state index contributed by atoms with van der Waals surface area (Å²) in [7, 11) is 1.79. The molecule has 0 radical (unpaired) electrons. The van der Waals surface area contributed by atoms with Crippen molar-refractivity contribution in [1.82, 2.24) is 9.78 Å². The van der Waals surface area contributed by atoms with Crippen molar-refractivity contribution in [3.05, 3.63) is 46.2 Å². The molecule has 1 heterocycles. The molecule has 0 aliphatic rings. The van der Waals surface area contributed by atoms with Gasteiger partial charge in [0.1, 0.15) is 0 Å². The zero-order valence-corrected chi connectivity index (χ0v) is 12.2. The molecule has 6 heteroatoms. The number of aromatic nitrogens is 2. The van der Waals surface area contributed by atoms with Gasteiger partial charge in [0, 0.05) is 28.5 Å². The van der Waals surface area contributed by atoms with E-state index in [4.69, 9.17) is 0 Å². The van der Waals surface area contributed by atoms with Crippen molar-refractivity contribution in [3.63, 3.8) is 0 Å². The number of hydrogen-bond acceptors (Lipinski definition) is 3. The van der Waals surface area contributed by atoms with Crippen molar-refractivity contribution in [2.45, 2.75) is 13.0 Å². The molecule has 1 aromatic carbocycles. The number of halogens is 1. The summed E-state index contributed by atoms with van der Waals surface area (Å²) in [6, 6.07) is 6.58. The molecular formula is C13H14BrN3O2. The van der Waals surface area contributed by atoms with E-state index in [2.05, 4.69) is 26.3 Å². The molecule has 2 aromatic rings. The first-order valence-corrected chi connectivity index (χ1v) is 6.51. The van der Waals surface area contributed by atoms with Gasteiger partial charge in [0.05, 0.1) is 6.20 Å². The van der Waals surface area contributed by atoms with Gasteiger partial charge in [-0.05, 0) is 25.1 Å². The van der Waals surface area contributed by atoms with Crippen LogP contribution < -0.4 is 5.32 Å². The highest BCUT2D eigenvalue weighted by Gasteiger charge is 2.23. The maximum Gasteiger partial charge on any atom is 0.330 e. The largest absolute Gasteiger partial charge is 0.479 e. The monoisotopic (exact) mass is 323 g/mol. The summed E-state index contributed by atoms with van der Waals surface area (Å²) in [5.74, 6) is -0.934. The molecule has 2 rings (SSSR count). The molecule has 0 amide bonds. The number of aryl methyl sites for hydroxylation is 1. The lowest BCUT2D eigenvalue weighted by Crippen LogP contribution is -2.21. The van der Waals surface area contributed by atoms with Crippen molar-refractivity contribution >= 4 is 27.6 Å². The minimum Gasteiger partial charge on any atom is -0.479 e. The summed E-state index contributed by atoms with van der Waals surface area (Å²) < 4.78 is 2.55. The summed E-state index contributed by atoms with van der Waals surface area (Å²) in [4.78, 5) is 11.4. The van der Waals surface area contributed by atoms with Crippen LogP contribution in [-0.4, -0.2) is 20.9 Å². The lowest BCUT2D eigenvalue weighted by atomic mass is 10.1. The molecular weight excluding hydrogens is 310 g/mol. The van der Waals surface area contributed by atoms with Gasteiger partial charge in [0.25, 0.3) is 0 Å². The highest BCUT2D eigenvalue weighted by Crippen LogP contribution is 2.24. The Morgan fingerprint density at radius 2 is 2.26 bits per heavy atom. The third-order valence-corrected chi connectivity index (χ3v) is 3.46. The van der Waals surface area contributed by atoms with Crippen molar-refractivity contribution in [1.29, 1.82) is 0 Å². The van der Waals surface area contributed by atoms with E-state index in [1.807, 2.05) is 31.2 Å². The number of nitrogens with one attached hydrogen (secondary N) is 1. The van der Waals surface area contributed by atoms with E-state index in [1.165, 1.54) is 0 Å². The second-order valence-electron chi connectivity index (χ2n) is 4.23. The zero-order valence-electron chi connectivity index (χ0n) is 10.6. The number of aliphatic carboxylic acids is 1. The number of nitrogens with zero attached hydrogens (tertiary/aromatic N) is 2. The van der Waals surface area contributed by atoms with Crippen LogP contribution in [0, 0.1) is 6.92 Å². The minimum absolute atomic E-state index is 0.662. The molecule has 2 N–H and O–H groups in total. The van der Waals surface area contributed by atoms with Crippen molar-refractivity contribution in [3.8, 4) is 0 Å². The first kappa shape index (κ1) is 13.6. The molecule has 0 aliphatic heterocycles. The smallest absolute Gasteiger partial charge is 0.330 e. The Morgan fingerprint density at radius 3 is 2.79 bits per heavy atom. The Bertz CT molecular complexity index is 610. The average molecular weight is 324 g/mol. The average Bonchev–Trinajstić information content (AvgIpc) is 2.67. The molecule has 0 bridgehead atoms. The van der Waals surface area contributed by atoms with Gasteiger partial charge in [0.15, 0.2) is 6.04 Å². The molecule has 0 spiro atoms. The van der Waals surface area contributed by atoms with Gasteiger partial charge in [-0.25, -0.2) is 4.79 Å². The zero-order chi connectivity index (χ0) is 14.0. The first-order chi connectivity index (χ1) is 8.99. The van der Waals surface area contributed by atoms with Crippen LogP contribution in [0.4, 0.5) is 5.69 Å². The lowest BCUT2D eigenvalue weighted by molar-refractivity contribution is -0.138. The van der Waals surface area contributed by atoms with Crippen LogP contribution >= 0.6 is 15.9 Å². The second kappa shape index (κ2) is 5.44. The number of rotatable bonds is 4. The normalized spacial score (nSPS) is 12.2. The quantitative estimate of drug-likeness (QED) is 0.907. The van der Waals surface area contributed by atoms with E-state index in [1.54, 1.807) is 17.9 Å². The van der Waals surface area contributed by atoms with E-state index < -0.39 is 12.0 Å². The maximum absolute atomic E-state index is 11.4. The van der Waals surface area contributed by atoms with Gasteiger partial charge in [0.2, 0.25) is 0 Å². The van der Waals surface area contributed by atoms with E-state index in [-0.39, 0.29) is 0 Å². The highest BCUT2D eigenvalue weighted by molar-refractivity contribution is 9.10. The van der Waals surface area contributed by atoms with Crippen molar-refractivity contribution < 1.29 is 9.90 Å². The van der Waals surface area contributed by atoms with E-state index in [0.29, 0.717) is 5.56 Å². The van der Waals surface area contributed by atoms with Crippen LogP contribution in [-0.2, 0) is 11.8 Å². The fraction of sp³-hybridized carbons (Fsp3) is 0.231. The van der Waals surface area contributed by atoms with Crippen molar-refractivity contribution in [2.75, 3.05) is 5.32 Å². The van der Waals surface area contributed by atoms with Gasteiger partial charge < -0.3 is 10.4 Å². The molecule has 1 unspecified atom stereocenters. The van der Waals surface area contributed by atoms with Crippen LogP contribution in [0.1, 0.15) is 17.3 Å². The van der Waals surface area contributed by atoms with E-state index >= 15 is 0 Å². The fourth-order valence-electron chi connectivity index (χ4n) is 1.82. The fourth-order valence-corrected chi connectivity index (χ4v) is 2.22. The molecule has 0 saturated heterocycles. The predicted molar refractivity (Wildman–Crippen MR) is 76.1 cm³/mol. The van der Waals surface area contributed by atoms with Gasteiger partial charge in [-0.2, -0.15) is 5.10 Å². The molecule has 1 atom stereocenters. The lowest BCUT2D eigenvalue weighted by Gasteiger charge is -2.15. The predicted octanol–water partition coefficient (Wildman–Crippen LogP) is 2.73. The highest BCUT2D eigenvalue weighted by atomic mass is 79.9. The summed E-state index contributed by atoms with van der Waals surface area (Å²) >= 11 is 3.36. The van der Waals surface area contributed by atoms with Gasteiger partial charge >= 0.3 is 5.97 Å². The van der Waals surface area contributed by atoms with Crippen LogP contribution in [0.15, 0.2) is 34.9 Å². The Labute approximate surface area is 119 Å². The third kappa shape index (κ3) is 2.96. The van der Waals surface area contributed by atoms with Crippen molar-refractivity contribution in [2.24, 2.45) is 7.05 Å². The number of carboxylic acids is 1. The number of carboxylic acid groups (broad SMARTS) is 1.